The Hall–Kier alpha value is -0.450. The van der Waals surface area contributed by atoms with Gasteiger partial charge in [-0.1, -0.05) is 12.8 Å². The molecule has 0 spiro atoms. The predicted molar refractivity (Wildman–Crippen MR) is 71.3 cm³/mol. The SMILES string of the molecule is Cc1ncsc1C(C)NCC1(CO)CCCC1. The van der Waals surface area contributed by atoms with Crippen molar-refractivity contribution in [1.82, 2.24) is 10.3 Å². The summed E-state index contributed by atoms with van der Waals surface area (Å²) in [5, 5.41) is 13.1. The van der Waals surface area contributed by atoms with Gasteiger partial charge in [-0.25, -0.2) is 4.98 Å². The molecule has 1 saturated carbocycles. The first-order valence-corrected chi connectivity index (χ1v) is 7.29. The Bertz CT molecular complexity index is 358. The molecule has 1 aliphatic rings. The van der Waals surface area contributed by atoms with Crippen LogP contribution in [0.2, 0.25) is 0 Å². The van der Waals surface area contributed by atoms with Gasteiger partial charge in [0.25, 0.3) is 0 Å². The number of aliphatic hydroxyl groups excluding tert-OH is 1. The number of hydrogen-bond acceptors (Lipinski definition) is 4. The first-order valence-electron chi connectivity index (χ1n) is 6.41. The lowest BCUT2D eigenvalue weighted by Crippen LogP contribution is -2.36. The van der Waals surface area contributed by atoms with Crippen LogP contribution in [0.3, 0.4) is 0 Å². The Morgan fingerprint density at radius 2 is 2.24 bits per heavy atom. The van der Waals surface area contributed by atoms with Crippen molar-refractivity contribution < 1.29 is 5.11 Å². The Kier molecular flexibility index (Phi) is 4.17. The smallest absolute Gasteiger partial charge is 0.0798 e. The van der Waals surface area contributed by atoms with E-state index in [4.69, 9.17) is 0 Å². The fourth-order valence-electron chi connectivity index (χ4n) is 2.70. The Balaban J connectivity index is 1.91. The van der Waals surface area contributed by atoms with Crippen molar-refractivity contribution in [1.29, 1.82) is 0 Å². The van der Waals surface area contributed by atoms with E-state index in [9.17, 15) is 5.11 Å². The molecule has 4 heteroatoms. The van der Waals surface area contributed by atoms with Crippen LogP contribution in [-0.2, 0) is 0 Å². The van der Waals surface area contributed by atoms with Crippen LogP contribution in [0.25, 0.3) is 0 Å². The first kappa shape index (κ1) is 13.0. The van der Waals surface area contributed by atoms with Gasteiger partial charge in [-0.15, -0.1) is 11.3 Å². The molecule has 1 aliphatic carbocycles. The van der Waals surface area contributed by atoms with Gasteiger partial charge in [-0.3, -0.25) is 0 Å². The van der Waals surface area contributed by atoms with Crippen molar-refractivity contribution in [2.75, 3.05) is 13.2 Å². The summed E-state index contributed by atoms with van der Waals surface area (Å²) in [6, 6.07) is 0.339. The molecular formula is C13H22N2OS. The summed E-state index contributed by atoms with van der Waals surface area (Å²) in [4.78, 5) is 5.60. The van der Waals surface area contributed by atoms with Crippen LogP contribution < -0.4 is 5.32 Å². The molecule has 0 bridgehead atoms. The van der Waals surface area contributed by atoms with Gasteiger partial charge in [0.05, 0.1) is 11.2 Å². The zero-order valence-corrected chi connectivity index (χ0v) is 11.5. The minimum Gasteiger partial charge on any atom is -0.396 e. The van der Waals surface area contributed by atoms with Crippen LogP contribution in [0.4, 0.5) is 0 Å². The van der Waals surface area contributed by atoms with Crippen molar-refractivity contribution >= 4 is 11.3 Å². The number of nitrogens with one attached hydrogen (secondary N) is 1. The van der Waals surface area contributed by atoms with E-state index in [2.05, 4.69) is 24.1 Å². The third-order valence-corrected chi connectivity index (χ3v) is 5.07. The summed E-state index contributed by atoms with van der Waals surface area (Å²) in [6.45, 7) is 5.47. The maximum atomic E-state index is 9.56. The monoisotopic (exact) mass is 254 g/mol. The second-order valence-electron chi connectivity index (χ2n) is 5.27. The highest BCUT2D eigenvalue weighted by Crippen LogP contribution is 2.37. The van der Waals surface area contributed by atoms with Crippen LogP contribution in [0.1, 0.15) is 49.2 Å². The lowest BCUT2D eigenvalue weighted by molar-refractivity contribution is 0.125. The molecule has 0 radical (unpaired) electrons. The van der Waals surface area contributed by atoms with E-state index in [0.717, 1.165) is 25.1 Å². The molecule has 1 atom stereocenters. The molecule has 0 aliphatic heterocycles. The first-order chi connectivity index (χ1) is 8.17. The molecule has 1 aromatic heterocycles. The summed E-state index contributed by atoms with van der Waals surface area (Å²) >= 11 is 1.71. The molecule has 96 valence electrons. The Labute approximate surface area is 107 Å². The molecule has 1 fully saturated rings. The number of aryl methyl sites for hydroxylation is 1. The maximum absolute atomic E-state index is 9.56. The highest BCUT2D eigenvalue weighted by Gasteiger charge is 2.33. The van der Waals surface area contributed by atoms with Gasteiger partial charge >= 0.3 is 0 Å². The average Bonchev–Trinajstić information content (AvgIpc) is 2.95. The topological polar surface area (TPSA) is 45.2 Å². The number of thiazole rings is 1. The number of rotatable bonds is 5. The van der Waals surface area contributed by atoms with E-state index in [1.807, 2.05) is 5.51 Å². The van der Waals surface area contributed by atoms with Crippen LogP contribution in [0.5, 0.6) is 0 Å². The van der Waals surface area contributed by atoms with Crippen molar-refractivity contribution in [3.63, 3.8) is 0 Å². The van der Waals surface area contributed by atoms with Crippen LogP contribution in [0, 0.1) is 12.3 Å². The number of aliphatic hydroxyl groups is 1. The highest BCUT2D eigenvalue weighted by atomic mass is 32.1. The average molecular weight is 254 g/mol. The van der Waals surface area contributed by atoms with Gasteiger partial charge in [0.1, 0.15) is 0 Å². The minimum absolute atomic E-state index is 0.132. The minimum atomic E-state index is 0.132. The number of aromatic nitrogens is 1. The molecule has 3 nitrogen and oxygen atoms in total. The molecule has 1 heterocycles. The van der Waals surface area contributed by atoms with Crippen molar-refractivity contribution in [2.45, 2.75) is 45.6 Å². The predicted octanol–water partition coefficient (Wildman–Crippen LogP) is 2.65. The second-order valence-corrected chi connectivity index (χ2v) is 6.16. The van der Waals surface area contributed by atoms with Crippen molar-refractivity contribution in [3.8, 4) is 0 Å². The molecule has 17 heavy (non-hydrogen) atoms. The fourth-order valence-corrected chi connectivity index (χ4v) is 3.54. The molecule has 0 amide bonds. The zero-order chi connectivity index (χ0) is 12.3. The van der Waals surface area contributed by atoms with Crippen LogP contribution >= 0.6 is 11.3 Å². The number of hydrogen-bond donors (Lipinski definition) is 2. The van der Waals surface area contributed by atoms with Crippen LogP contribution in [0.15, 0.2) is 5.51 Å². The third kappa shape index (κ3) is 2.87. The van der Waals surface area contributed by atoms with Gasteiger partial charge in [-0.2, -0.15) is 0 Å². The van der Waals surface area contributed by atoms with E-state index >= 15 is 0 Å². The Morgan fingerprint density at radius 1 is 1.53 bits per heavy atom. The van der Waals surface area contributed by atoms with E-state index in [1.54, 1.807) is 11.3 Å². The van der Waals surface area contributed by atoms with Gasteiger partial charge in [-0.05, 0) is 26.7 Å². The standard InChI is InChI=1S/C13H22N2OS/c1-10(12-11(2)15-9-17-12)14-7-13(8-16)5-3-4-6-13/h9-10,14,16H,3-8H2,1-2H3. The largest absolute Gasteiger partial charge is 0.396 e. The van der Waals surface area contributed by atoms with Gasteiger partial charge < -0.3 is 10.4 Å². The highest BCUT2D eigenvalue weighted by molar-refractivity contribution is 7.09. The van der Waals surface area contributed by atoms with E-state index in [1.165, 1.54) is 17.7 Å². The molecule has 2 N–H and O–H groups in total. The van der Waals surface area contributed by atoms with Crippen LogP contribution in [-0.4, -0.2) is 23.2 Å². The van der Waals surface area contributed by atoms with E-state index in [-0.39, 0.29) is 5.41 Å². The molecular weight excluding hydrogens is 232 g/mol. The Morgan fingerprint density at radius 3 is 2.76 bits per heavy atom. The lowest BCUT2D eigenvalue weighted by Gasteiger charge is -2.28. The summed E-state index contributed by atoms with van der Waals surface area (Å²) < 4.78 is 0. The van der Waals surface area contributed by atoms with E-state index < -0.39 is 0 Å². The third-order valence-electron chi connectivity index (χ3n) is 3.96. The summed E-state index contributed by atoms with van der Waals surface area (Å²) in [7, 11) is 0. The van der Waals surface area contributed by atoms with Gasteiger partial charge in [0.2, 0.25) is 0 Å². The molecule has 2 rings (SSSR count). The molecule has 0 aromatic carbocycles. The lowest BCUT2D eigenvalue weighted by atomic mass is 9.87. The normalized spacial score (nSPS) is 20.6. The molecule has 1 aromatic rings. The fraction of sp³-hybridized carbons (Fsp3) is 0.769. The molecule has 0 saturated heterocycles. The quantitative estimate of drug-likeness (QED) is 0.849. The summed E-state index contributed by atoms with van der Waals surface area (Å²) in [6.07, 6.45) is 4.84. The van der Waals surface area contributed by atoms with Gasteiger partial charge in [0, 0.05) is 29.5 Å². The van der Waals surface area contributed by atoms with Crippen molar-refractivity contribution in [3.05, 3.63) is 16.1 Å². The summed E-state index contributed by atoms with van der Waals surface area (Å²) in [5.74, 6) is 0. The zero-order valence-electron chi connectivity index (χ0n) is 10.7. The van der Waals surface area contributed by atoms with Crippen molar-refractivity contribution in [2.24, 2.45) is 5.41 Å². The van der Waals surface area contributed by atoms with Gasteiger partial charge in [0.15, 0.2) is 0 Å². The maximum Gasteiger partial charge on any atom is 0.0798 e. The summed E-state index contributed by atoms with van der Waals surface area (Å²) in [5.41, 5.74) is 3.16. The number of nitrogens with zero attached hydrogens (tertiary/aromatic N) is 1. The molecule has 1 unspecified atom stereocenters. The second kappa shape index (κ2) is 5.46. The van der Waals surface area contributed by atoms with E-state index in [0.29, 0.717) is 12.6 Å².